The molecule has 2 N–H and O–H groups in total. The molecule has 2 fully saturated rings. The van der Waals surface area contributed by atoms with E-state index in [4.69, 9.17) is 12.2 Å². The lowest BCUT2D eigenvalue weighted by atomic mass is 10.1. The summed E-state index contributed by atoms with van der Waals surface area (Å²) < 4.78 is 0. The molecule has 0 aliphatic heterocycles. The summed E-state index contributed by atoms with van der Waals surface area (Å²) in [5, 5.41) is 0. The number of nitrogens with two attached hydrogens (primary N) is 1. The highest BCUT2D eigenvalue weighted by molar-refractivity contribution is 5.14. The Balaban J connectivity index is 1.96. The Morgan fingerprint density at radius 3 is 2.50 bits per heavy atom. The van der Waals surface area contributed by atoms with Gasteiger partial charge in [-0.25, -0.2) is 0 Å². The first-order valence-corrected chi connectivity index (χ1v) is 4.06. The van der Waals surface area contributed by atoms with Gasteiger partial charge in [-0.15, -0.1) is 6.42 Å². The second kappa shape index (κ2) is 2.00. The molecular weight excluding hydrogens is 122 g/mol. The Bertz CT molecular complexity index is 170. The molecule has 2 aliphatic rings. The zero-order chi connectivity index (χ0) is 7.14. The van der Waals surface area contributed by atoms with Gasteiger partial charge in [-0.1, -0.05) is 12.3 Å². The van der Waals surface area contributed by atoms with Crippen molar-refractivity contribution in [1.82, 2.24) is 0 Å². The maximum absolute atomic E-state index is 5.73. The van der Waals surface area contributed by atoms with Gasteiger partial charge in [-0.3, -0.25) is 0 Å². The first-order chi connectivity index (χ1) is 4.84. The number of rotatable bonds is 1. The number of hydrogen-bond donors (Lipinski definition) is 1. The van der Waals surface area contributed by atoms with Crippen LogP contribution in [0.3, 0.4) is 0 Å². The third kappa shape index (κ3) is 0.690. The third-order valence-corrected chi connectivity index (χ3v) is 3.08. The van der Waals surface area contributed by atoms with Gasteiger partial charge in [-0.05, 0) is 30.6 Å². The van der Waals surface area contributed by atoms with E-state index in [0.717, 1.165) is 11.8 Å². The summed E-state index contributed by atoms with van der Waals surface area (Å²) in [6.45, 7) is 0. The third-order valence-electron chi connectivity index (χ3n) is 3.08. The molecular formula is C9H13N. The van der Waals surface area contributed by atoms with Crippen LogP contribution in [0.4, 0.5) is 0 Å². The molecule has 3 unspecified atom stereocenters. The Kier molecular flexibility index (Phi) is 1.25. The molecule has 2 rings (SSSR count). The summed E-state index contributed by atoms with van der Waals surface area (Å²) in [7, 11) is 0. The van der Waals surface area contributed by atoms with Crippen LogP contribution in [0.2, 0.25) is 0 Å². The van der Waals surface area contributed by atoms with E-state index >= 15 is 0 Å². The fourth-order valence-electron chi connectivity index (χ4n) is 2.52. The van der Waals surface area contributed by atoms with Gasteiger partial charge in [0.1, 0.15) is 0 Å². The minimum absolute atomic E-state index is 0.0512. The number of terminal acetylenes is 1. The molecule has 0 aromatic heterocycles. The highest BCUT2D eigenvalue weighted by Gasteiger charge is 2.54. The first-order valence-electron chi connectivity index (χ1n) is 4.06. The van der Waals surface area contributed by atoms with Gasteiger partial charge in [0.25, 0.3) is 0 Å². The lowest BCUT2D eigenvalue weighted by molar-refractivity contribution is 0.551. The molecule has 0 radical (unpaired) electrons. The normalized spacial score (nSPS) is 45.8. The van der Waals surface area contributed by atoms with E-state index in [9.17, 15) is 0 Å². The van der Waals surface area contributed by atoms with Crippen molar-refractivity contribution in [3.05, 3.63) is 0 Å². The van der Waals surface area contributed by atoms with Crippen molar-refractivity contribution in [2.24, 2.45) is 23.5 Å². The maximum Gasteiger partial charge on any atom is 0.0696 e. The summed E-state index contributed by atoms with van der Waals surface area (Å²) in [6, 6.07) is 0.0512. The van der Waals surface area contributed by atoms with Crippen LogP contribution in [0.15, 0.2) is 0 Å². The number of fused-ring (bicyclic) bond motifs is 1. The Morgan fingerprint density at radius 2 is 2.00 bits per heavy atom. The van der Waals surface area contributed by atoms with E-state index < -0.39 is 0 Å². The van der Waals surface area contributed by atoms with E-state index in [0.29, 0.717) is 5.92 Å². The van der Waals surface area contributed by atoms with Crippen molar-refractivity contribution in [1.29, 1.82) is 0 Å². The standard InChI is InChI=1S/C9H13N/c1-2-8(10)9-6-4-3-5-7(6)9/h1,6-9H,3-5,10H2. The van der Waals surface area contributed by atoms with Gasteiger partial charge in [-0.2, -0.15) is 0 Å². The van der Waals surface area contributed by atoms with Crippen LogP contribution in [0.25, 0.3) is 0 Å². The van der Waals surface area contributed by atoms with Gasteiger partial charge < -0.3 is 5.73 Å². The van der Waals surface area contributed by atoms with Crippen molar-refractivity contribution < 1.29 is 0 Å². The summed E-state index contributed by atoms with van der Waals surface area (Å²) in [5.41, 5.74) is 5.73. The summed E-state index contributed by atoms with van der Waals surface area (Å²) >= 11 is 0. The van der Waals surface area contributed by atoms with Crippen LogP contribution in [-0.2, 0) is 0 Å². The van der Waals surface area contributed by atoms with Crippen LogP contribution in [0, 0.1) is 30.1 Å². The van der Waals surface area contributed by atoms with Gasteiger partial charge in [0.15, 0.2) is 0 Å². The summed E-state index contributed by atoms with van der Waals surface area (Å²) in [6.07, 6.45) is 9.41. The van der Waals surface area contributed by atoms with Crippen molar-refractivity contribution in [3.63, 3.8) is 0 Å². The van der Waals surface area contributed by atoms with Gasteiger partial charge in [0.2, 0.25) is 0 Å². The maximum atomic E-state index is 5.73. The highest BCUT2D eigenvalue weighted by Crippen LogP contribution is 2.58. The molecule has 54 valence electrons. The molecule has 2 saturated carbocycles. The zero-order valence-corrected chi connectivity index (χ0v) is 6.09. The Hall–Kier alpha value is -0.480. The van der Waals surface area contributed by atoms with Crippen molar-refractivity contribution in [2.45, 2.75) is 25.3 Å². The minimum atomic E-state index is 0.0512. The lowest BCUT2D eigenvalue weighted by Gasteiger charge is -2.04. The van der Waals surface area contributed by atoms with E-state index in [1.807, 2.05) is 0 Å². The molecule has 0 spiro atoms. The van der Waals surface area contributed by atoms with Crippen molar-refractivity contribution in [2.75, 3.05) is 0 Å². The quantitative estimate of drug-likeness (QED) is 0.533. The fraction of sp³-hybridized carbons (Fsp3) is 0.778. The van der Waals surface area contributed by atoms with Crippen molar-refractivity contribution >= 4 is 0 Å². The van der Waals surface area contributed by atoms with E-state index in [1.165, 1.54) is 19.3 Å². The molecule has 1 heteroatoms. The molecule has 0 saturated heterocycles. The Morgan fingerprint density at radius 1 is 1.40 bits per heavy atom. The summed E-state index contributed by atoms with van der Waals surface area (Å²) in [4.78, 5) is 0. The molecule has 0 heterocycles. The van der Waals surface area contributed by atoms with Crippen LogP contribution in [0.1, 0.15) is 19.3 Å². The van der Waals surface area contributed by atoms with Crippen LogP contribution >= 0.6 is 0 Å². The highest BCUT2D eigenvalue weighted by atomic mass is 14.7. The van der Waals surface area contributed by atoms with Crippen LogP contribution in [-0.4, -0.2) is 6.04 Å². The van der Waals surface area contributed by atoms with E-state index in [-0.39, 0.29) is 6.04 Å². The SMILES string of the molecule is C#CC(N)C1C2CCCC21. The molecule has 0 aromatic carbocycles. The topological polar surface area (TPSA) is 26.0 Å². The smallest absolute Gasteiger partial charge is 0.0696 e. The second-order valence-electron chi connectivity index (χ2n) is 3.53. The predicted molar refractivity (Wildman–Crippen MR) is 41.1 cm³/mol. The van der Waals surface area contributed by atoms with E-state index in [1.54, 1.807) is 0 Å². The molecule has 3 atom stereocenters. The summed E-state index contributed by atoms with van der Waals surface area (Å²) in [5.74, 6) is 5.14. The fourth-order valence-corrected chi connectivity index (χ4v) is 2.52. The Labute approximate surface area is 62.0 Å². The average molecular weight is 135 g/mol. The molecule has 2 aliphatic carbocycles. The number of hydrogen-bond acceptors (Lipinski definition) is 1. The zero-order valence-electron chi connectivity index (χ0n) is 6.09. The second-order valence-corrected chi connectivity index (χ2v) is 3.53. The van der Waals surface area contributed by atoms with Crippen LogP contribution in [0.5, 0.6) is 0 Å². The van der Waals surface area contributed by atoms with Crippen molar-refractivity contribution in [3.8, 4) is 12.3 Å². The van der Waals surface area contributed by atoms with Gasteiger partial charge in [0.05, 0.1) is 6.04 Å². The largest absolute Gasteiger partial charge is 0.317 e. The predicted octanol–water partition coefficient (Wildman–Crippen LogP) is 0.993. The lowest BCUT2D eigenvalue weighted by Crippen LogP contribution is -2.22. The molecule has 0 amide bonds. The first kappa shape index (κ1) is 6.24. The van der Waals surface area contributed by atoms with Gasteiger partial charge >= 0.3 is 0 Å². The monoisotopic (exact) mass is 135 g/mol. The van der Waals surface area contributed by atoms with Crippen LogP contribution < -0.4 is 5.73 Å². The molecule has 10 heavy (non-hydrogen) atoms. The minimum Gasteiger partial charge on any atom is -0.317 e. The molecule has 1 nitrogen and oxygen atoms in total. The van der Waals surface area contributed by atoms with Gasteiger partial charge in [0, 0.05) is 0 Å². The molecule has 0 bridgehead atoms. The molecule has 0 aromatic rings. The average Bonchev–Trinajstić information content (AvgIpc) is 2.43. The van der Waals surface area contributed by atoms with E-state index in [2.05, 4.69) is 5.92 Å².